The molecule has 0 radical (unpaired) electrons. The SMILES string of the molecule is CC[C@H](C)[C@@H]1NC(=O)[C@H](CC(C)C)N(C)C(=O)C[C@@H](C)N(C)C(=O)[C@H](C2CCCC2)N(C)C(=O)C2(CCCC2)NC(=O)[C@H](CC(=O)N2CCC(F)(F)CC2)N(C)C(=O)[C@H](CCC2CCC(C(F)(F)F)C(Cl)C2)NC(=O)CN(C)C(=O)[C@H](CC2CCCCC2)N(C)C(=O)[C@@H]2CCN2C(=O)[C@H](C)N(C)C1=O. The van der Waals surface area contributed by atoms with Crippen LogP contribution < -0.4 is 16.0 Å². The van der Waals surface area contributed by atoms with Crippen molar-refractivity contribution in [2.24, 2.45) is 35.5 Å². The maximum absolute atomic E-state index is 15.7. The van der Waals surface area contributed by atoms with Gasteiger partial charge in [-0.1, -0.05) is 91.9 Å². The summed E-state index contributed by atoms with van der Waals surface area (Å²) in [5.74, 6) is -14.6. The Labute approximate surface area is 616 Å². The van der Waals surface area contributed by atoms with Gasteiger partial charge in [-0.15, -0.1) is 11.6 Å². The summed E-state index contributed by atoms with van der Waals surface area (Å²) < 4.78 is 71.6. The van der Waals surface area contributed by atoms with Gasteiger partial charge in [0.1, 0.15) is 53.9 Å². The Kier molecular flexibility index (Phi) is 29.7. The third-order valence-electron chi connectivity index (χ3n) is 24.3. The van der Waals surface area contributed by atoms with Crippen LogP contribution in [0.3, 0.4) is 0 Å². The van der Waals surface area contributed by atoms with E-state index in [1.807, 2.05) is 20.8 Å². The van der Waals surface area contributed by atoms with Crippen molar-refractivity contribution in [1.29, 1.82) is 0 Å². The van der Waals surface area contributed by atoms with Crippen molar-refractivity contribution in [1.82, 2.24) is 60.0 Å². The largest absolute Gasteiger partial charge is 0.393 e. The van der Waals surface area contributed by atoms with Gasteiger partial charge in [-0.25, -0.2) is 8.78 Å². The van der Waals surface area contributed by atoms with Gasteiger partial charge in [0.2, 0.25) is 70.9 Å². The second-order valence-corrected chi connectivity index (χ2v) is 32.6. The Balaban J connectivity index is 1.30. The van der Waals surface area contributed by atoms with Gasteiger partial charge in [-0.2, -0.15) is 13.2 Å². The highest BCUT2D eigenvalue weighted by Crippen LogP contribution is 2.44. The molecule has 588 valence electrons. The van der Waals surface area contributed by atoms with Crippen LogP contribution in [0, 0.1) is 35.5 Å². The Morgan fingerprint density at radius 3 is 1.78 bits per heavy atom. The highest BCUT2D eigenvalue weighted by molar-refractivity contribution is 6.21. The van der Waals surface area contributed by atoms with Crippen molar-refractivity contribution in [3.63, 3.8) is 0 Å². The van der Waals surface area contributed by atoms with Crippen molar-refractivity contribution in [3.8, 4) is 0 Å². The predicted molar refractivity (Wildman–Crippen MR) is 379 cm³/mol. The number of hydrogen-bond donors (Lipinski definition) is 3. The number of alkyl halides is 6. The van der Waals surface area contributed by atoms with E-state index in [2.05, 4.69) is 16.0 Å². The molecule has 3 N–H and O–H groups in total. The topological polar surface area (TPSA) is 270 Å². The van der Waals surface area contributed by atoms with Gasteiger partial charge >= 0.3 is 6.18 Å². The molecule has 0 aromatic carbocycles. The van der Waals surface area contributed by atoms with E-state index in [1.165, 1.54) is 85.7 Å². The minimum Gasteiger partial charge on any atom is -0.343 e. The van der Waals surface area contributed by atoms with Crippen molar-refractivity contribution >= 4 is 82.5 Å². The molecule has 24 nitrogen and oxygen atoms in total. The van der Waals surface area contributed by atoms with Crippen LogP contribution >= 0.6 is 11.6 Å². The molecule has 3 heterocycles. The first kappa shape index (κ1) is 84.8. The molecule has 1 spiro atoms. The fourth-order valence-corrected chi connectivity index (χ4v) is 17.3. The first-order valence-corrected chi connectivity index (χ1v) is 38.6. The summed E-state index contributed by atoms with van der Waals surface area (Å²) in [5, 5.41) is 7.31. The zero-order valence-corrected chi connectivity index (χ0v) is 64.4. The summed E-state index contributed by atoms with van der Waals surface area (Å²) in [4.78, 5) is 191. The van der Waals surface area contributed by atoms with Gasteiger partial charge in [-0.3, -0.25) is 57.5 Å². The second-order valence-electron chi connectivity index (χ2n) is 32.0. The van der Waals surface area contributed by atoms with Crippen LogP contribution in [-0.2, 0) is 57.5 Å². The summed E-state index contributed by atoms with van der Waals surface area (Å²) in [6, 6.07) is -11.0. The molecule has 3 unspecified atom stereocenters. The monoisotopic (exact) mass is 1500 g/mol. The van der Waals surface area contributed by atoms with Crippen LogP contribution in [-0.4, -0.2) is 268 Å². The molecular weight excluding hydrogens is 1380 g/mol. The first-order chi connectivity index (χ1) is 48.7. The molecule has 4 saturated carbocycles. The lowest BCUT2D eigenvalue weighted by Crippen LogP contribution is -2.65. The smallest absolute Gasteiger partial charge is 0.343 e. The van der Waals surface area contributed by atoms with Gasteiger partial charge in [0.05, 0.1) is 18.9 Å². The van der Waals surface area contributed by atoms with Gasteiger partial charge in [0.25, 0.3) is 5.92 Å². The molecule has 0 bridgehead atoms. The normalized spacial score (nSPS) is 31.2. The molecule has 0 aromatic rings. The number of carbonyl (C=O) groups excluding carboxylic acids is 12. The van der Waals surface area contributed by atoms with Gasteiger partial charge in [0, 0.05) is 99.6 Å². The quantitative estimate of drug-likeness (QED) is 0.130. The number of likely N-dealkylation sites (N-methyl/N-ethyl adjacent to an activating group) is 7. The minimum atomic E-state index is -4.57. The number of amides is 12. The highest BCUT2D eigenvalue weighted by Gasteiger charge is 2.53. The third-order valence-corrected chi connectivity index (χ3v) is 24.8. The average Bonchev–Trinajstić information content (AvgIpc) is 1.33. The fraction of sp³-hybridized carbons (Fsp3) is 0.838. The highest BCUT2D eigenvalue weighted by atomic mass is 35.5. The number of halogens is 6. The van der Waals surface area contributed by atoms with E-state index < -0.39 is 192 Å². The molecule has 7 aliphatic rings. The Morgan fingerprint density at radius 1 is 0.606 bits per heavy atom. The summed E-state index contributed by atoms with van der Waals surface area (Å²) in [6.45, 7) is 9.25. The van der Waals surface area contributed by atoms with E-state index in [-0.39, 0.29) is 108 Å². The lowest BCUT2D eigenvalue weighted by molar-refractivity contribution is -0.182. The minimum absolute atomic E-state index is 0.0177. The van der Waals surface area contributed by atoms with Crippen LogP contribution in [0.2, 0.25) is 0 Å². The van der Waals surface area contributed by atoms with Crippen molar-refractivity contribution < 1.29 is 79.5 Å². The number of nitrogens with zero attached hydrogens (tertiary/aromatic N) is 9. The number of likely N-dealkylation sites (tertiary alicyclic amines) is 1. The summed E-state index contributed by atoms with van der Waals surface area (Å²) >= 11 is 6.42. The van der Waals surface area contributed by atoms with E-state index in [4.69, 9.17) is 11.6 Å². The summed E-state index contributed by atoms with van der Waals surface area (Å²) in [5.41, 5.74) is -1.74. The Bertz CT molecular complexity index is 3070. The van der Waals surface area contributed by atoms with Crippen LogP contribution in [0.4, 0.5) is 22.0 Å². The Hall–Kier alpha value is -6.42. The summed E-state index contributed by atoms with van der Waals surface area (Å²) in [7, 11) is 9.94. The number of rotatable bonds is 12. The average molecular weight is 1500 g/mol. The van der Waals surface area contributed by atoms with Gasteiger partial charge < -0.3 is 60.0 Å². The molecule has 4 aliphatic carbocycles. The molecule has 3 saturated heterocycles. The van der Waals surface area contributed by atoms with Crippen molar-refractivity contribution in [2.45, 2.75) is 286 Å². The number of fused-ring (bicyclic) bond motifs is 1. The van der Waals surface area contributed by atoms with Gasteiger partial charge in [0.15, 0.2) is 0 Å². The van der Waals surface area contributed by atoms with Crippen LogP contribution in [0.1, 0.15) is 208 Å². The number of piperidine rings is 1. The lowest BCUT2D eigenvalue weighted by Gasteiger charge is -2.45. The zero-order chi connectivity index (χ0) is 77.2. The maximum atomic E-state index is 15.7. The molecule has 0 aromatic heterocycles. The first-order valence-electron chi connectivity index (χ1n) is 38.2. The zero-order valence-electron chi connectivity index (χ0n) is 63.6. The van der Waals surface area contributed by atoms with Crippen LogP contribution in [0.15, 0.2) is 0 Å². The maximum Gasteiger partial charge on any atom is 0.393 e. The molecule has 13 atom stereocenters. The number of nitrogens with one attached hydrogen (secondary N) is 3. The van der Waals surface area contributed by atoms with Gasteiger partial charge in [-0.05, 0) is 120 Å². The third kappa shape index (κ3) is 20.6. The predicted octanol–water partition coefficient (Wildman–Crippen LogP) is 7.12. The molecule has 30 heteroatoms. The van der Waals surface area contributed by atoms with E-state index in [0.717, 1.165) is 59.6 Å². The standard InChI is InChI=1S/C74H118ClF5N12O12/c1-14-45(4)61-69(102)86(9)47(6)65(98)92-35-30-54(92)68(101)89(12)57(41-48-22-16-15-17-23-48)67(100)84(7)43-58(93)81-53(29-27-49-26-28-51(52(75)40-49)74(78,79)80)66(99)88(11)56(42-60(95)91-36-33-73(76,77)34-37-91)64(97)83-72(31-20-21-32-72)71(104)90(13)62(50-24-18-19-25-50)70(103)85(8)46(5)39-59(94)87(10)55(38-44(2)3)63(96)82-61/h44-57,61-62H,14-43H2,1-13H3,(H,81,93)(H,82,96)(H,83,97)/t45-,46+,47-,49?,51?,52?,53-,54-,55-,56-,57-,61-,62-/m0/s1. The van der Waals surface area contributed by atoms with Crippen molar-refractivity contribution in [2.75, 3.05) is 75.5 Å². The molecule has 7 rings (SSSR count). The van der Waals surface area contributed by atoms with E-state index in [1.54, 1.807) is 13.8 Å². The molecule has 7 fully saturated rings. The van der Waals surface area contributed by atoms with Crippen molar-refractivity contribution in [3.05, 3.63) is 0 Å². The van der Waals surface area contributed by atoms with Crippen LogP contribution in [0.5, 0.6) is 0 Å². The number of carbonyl (C=O) groups is 12. The lowest BCUT2D eigenvalue weighted by atomic mass is 9.78. The number of hydrogen-bond acceptors (Lipinski definition) is 12. The molecule has 104 heavy (non-hydrogen) atoms. The van der Waals surface area contributed by atoms with E-state index in [0.29, 0.717) is 32.1 Å². The molecule has 12 amide bonds. The summed E-state index contributed by atoms with van der Waals surface area (Å²) in [6.07, 6.45) is 1.22. The molecular formula is C74H118ClF5N12O12. The fourth-order valence-electron chi connectivity index (χ4n) is 16.8. The molecule has 3 aliphatic heterocycles. The van der Waals surface area contributed by atoms with E-state index >= 15 is 24.0 Å². The van der Waals surface area contributed by atoms with E-state index in [9.17, 15) is 55.5 Å². The second kappa shape index (κ2) is 36.5. The van der Waals surface area contributed by atoms with Crippen LogP contribution in [0.25, 0.3) is 0 Å². The Morgan fingerprint density at radius 2 is 1.21 bits per heavy atom.